The van der Waals surface area contributed by atoms with Crippen molar-refractivity contribution in [2.75, 3.05) is 46.8 Å². The van der Waals surface area contributed by atoms with Crippen LogP contribution in [0.2, 0.25) is 10.0 Å². The zero-order valence-electron chi connectivity index (χ0n) is 18.1. The molecule has 0 spiro atoms. The van der Waals surface area contributed by atoms with E-state index in [9.17, 15) is 4.79 Å². The Labute approximate surface area is 207 Å². The van der Waals surface area contributed by atoms with E-state index in [1.54, 1.807) is 25.1 Å². The van der Waals surface area contributed by atoms with Crippen LogP contribution in [0, 0.1) is 0 Å². The van der Waals surface area contributed by atoms with Gasteiger partial charge in [0.1, 0.15) is 0 Å². The molecule has 1 saturated heterocycles. The molecule has 2 rings (SSSR count). The summed E-state index contributed by atoms with van der Waals surface area (Å²) >= 11 is 12.2. The summed E-state index contributed by atoms with van der Waals surface area (Å²) in [6.07, 6.45) is 3.80. The second kappa shape index (κ2) is 14.3. The largest absolute Gasteiger partial charge is 0.357 e. The molecule has 0 radical (unpaired) electrons. The van der Waals surface area contributed by atoms with Crippen molar-refractivity contribution in [2.24, 2.45) is 4.99 Å². The highest BCUT2D eigenvalue weighted by Gasteiger charge is 2.21. The molecule has 0 bridgehead atoms. The van der Waals surface area contributed by atoms with Gasteiger partial charge in [0.2, 0.25) is 5.91 Å². The maximum absolute atomic E-state index is 11.9. The lowest BCUT2D eigenvalue weighted by molar-refractivity contribution is -0.130. The van der Waals surface area contributed by atoms with E-state index in [1.807, 2.05) is 12.1 Å². The molecule has 1 fully saturated rings. The molecule has 0 aliphatic carbocycles. The number of rotatable bonds is 8. The van der Waals surface area contributed by atoms with Gasteiger partial charge in [-0.15, -0.1) is 24.0 Å². The maximum Gasteiger partial charge on any atom is 0.236 e. The third kappa shape index (κ3) is 9.58. The first-order chi connectivity index (χ1) is 13.9. The number of likely N-dealkylation sites (tertiary alicyclic amines) is 1. The standard InChI is InChI=1S/C21H33Cl2N5O.HI/c1-4-24-21(25-11-5-6-16-7-8-17(22)14-19(16)23)26-18-9-12-28(13-10-18)15-20(29)27(2)3;/h7-8,14,18H,4-6,9-13,15H2,1-3H3,(H2,24,25,26);1H. The SMILES string of the molecule is CCNC(=NCCCc1ccc(Cl)cc1Cl)NC1CCN(CC(=O)N(C)C)CC1.I. The minimum Gasteiger partial charge on any atom is -0.357 e. The van der Waals surface area contributed by atoms with Crippen LogP contribution in [-0.4, -0.2) is 74.5 Å². The fourth-order valence-electron chi connectivity index (χ4n) is 3.27. The van der Waals surface area contributed by atoms with Crippen molar-refractivity contribution in [3.05, 3.63) is 33.8 Å². The van der Waals surface area contributed by atoms with Crippen LogP contribution in [0.15, 0.2) is 23.2 Å². The highest BCUT2D eigenvalue weighted by Crippen LogP contribution is 2.22. The number of benzene rings is 1. The van der Waals surface area contributed by atoms with Crippen molar-refractivity contribution >= 4 is 59.0 Å². The number of aliphatic imine (C=N–C) groups is 1. The molecule has 1 aromatic rings. The van der Waals surface area contributed by atoms with Crippen LogP contribution < -0.4 is 10.6 Å². The molecule has 0 saturated carbocycles. The van der Waals surface area contributed by atoms with E-state index in [2.05, 4.69) is 22.5 Å². The van der Waals surface area contributed by atoms with Crippen LogP contribution in [0.3, 0.4) is 0 Å². The average Bonchev–Trinajstić information content (AvgIpc) is 2.68. The fraction of sp³-hybridized carbons (Fsp3) is 0.619. The van der Waals surface area contributed by atoms with Gasteiger partial charge in [0, 0.05) is 56.4 Å². The summed E-state index contributed by atoms with van der Waals surface area (Å²) in [6, 6.07) is 6.01. The molecule has 30 heavy (non-hydrogen) atoms. The van der Waals surface area contributed by atoms with Crippen molar-refractivity contribution in [3.8, 4) is 0 Å². The van der Waals surface area contributed by atoms with E-state index in [-0.39, 0.29) is 29.9 Å². The summed E-state index contributed by atoms with van der Waals surface area (Å²) in [5.74, 6) is 1.02. The second-order valence-electron chi connectivity index (χ2n) is 7.58. The van der Waals surface area contributed by atoms with Crippen LogP contribution >= 0.6 is 47.2 Å². The molecule has 1 aliphatic heterocycles. The van der Waals surface area contributed by atoms with Crippen LogP contribution in [0.4, 0.5) is 0 Å². The second-order valence-corrected chi connectivity index (χ2v) is 8.43. The monoisotopic (exact) mass is 569 g/mol. The fourth-order valence-corrected chi connectivity index (χ4v) is 3.77. The van der Waals surface area contributed by atoms with Crippen LogP contribution in [0.1, 0.15) is 31.7 Å². The summed E-state index contributed by atoms with van der Waals surface area (Å²) in [4.78, 5) is 20.5. The van der Waals surface area contributed by atoms with E-state index in [0.29, 0.717) is 22.6 Å². The van der Waals surface area contributed by atoms with Gasteiger partial charge in [0.15, 0.2) is 5.96 Å². The Morgan fingerprint density at radius 3 is 2.57 bits per heavy atom. The quantitative estimate of drug-likeness (QED) is 0.217. The average molecular weight is 570 g/mol. The number of nitrogens with zero attached hydrogens (tertiary/aromatic N) is 3. The van der Waals surface area contributed by atoms with Crippen LogP contribution in [0.5, 0.6) is 0 Å². The molecule has 6 nitrogen and oxygen atoms in total. The van der Waals surface area contributed by atoms with E-state index >= 15 is 0 Å². The Balaban J connectivity index is 0.00000450. The van der Waals surface area contributed by atoms with Gasteiger partial charge in [0.25, 0.3) is 0 Å². The number of aryl methyl sites for hydroxylation is 1. The van der Waals surface area contributed by atoms with Gasteiger partial charge in [-0.25, -0.2) is 0 Å². The smallest absolute Gasteiger partial charge is 0.236 e. The topological polar surface area (TPSA) is 60.0 Å². The van der Waals surface area contributed by atoms with E-state index in [0.717, 1.165) is 63.4 Å². The lowest BCUT2D eigenvalue weighted by atomic mass is 10.1. The van der Waals surface area contributed by atoms with Crippen molar-refractivity contribution in [1.29, 1.82) is 0 Å². The third-order valence-corrected chi connectivity index (χ3v) is 5.61. The van der Waals surface area contributed by atoms with Crippen molar-refractivity contribution < 1.29 is 4.79 Å². The molecule has 1 amide bonds. The molecule has 1 heterocycles. The summed E-state index contributed by atoms with van der Waals surface area (Å²) in [7, 11) is 3.60. The third-order valence-electron chi connectivity index (χ3n) is 5.02. The molecular weight excluding hydrogens is 536 g/mol. The molecule has 0 unspecified atom stereocenters. The molecule has 9 heteroatoms. The Hall–Kier alpha value is -0.770. The highest BCUT2D eigenvalue weighted by atomic mass is 127. The number of halogens is 3. The first kappa shape index (κ1) is 27.3. The van der Waals surface area contributed by atoms with E-state index in [1.165, 1.54) is 0 Å². The van der Waals surface area contributed by atoms with Crippen LogP contribution in [0.25, 0.3) is 0 Å². The molecule has 0 aromatic heterocycles. The molecule has 170 valence electrons. The van der Waals surface area contributed by atoms with Gasteiger partial charge in [-0.3, -0.25) is 14.7 Å². The van der Waals surface area contributed by atoms with Gasteiger partial charge in [-0.05, 0) is 50.3 Å². The predicted octanol–water partition coefficient (Wildman–Crippen LogP) is 3.65. The summed E-state index contributed by atoms with van der Waals surface area (Å²) in [6.45, 7) is 5.97. The number of carbonyl (C=O) groups excluding carboxylic acids is 1. The van der Waals surface area contributed by atoms with Crippen molar-refractivity contribution in [3.63, 3.8) is 0 Å². The summed E-state index contributed by atoms with van der Waals surface area (Å²) in [5, 5.41) is 8.24. The van der Waals surface area contributed by atoms with Gasteiger partial charge in [-0.1, -0.05) is 29.3 Å². The normalized spacial score (nSPS) is 15.4. The number of carbonyl (C=O) groups is 1. The molecular formula is C21H34Cl2IN5O. The molecule has 0 atom stereocenters. The van der Waals surface area contributed by atoms with Gasteiger partial charge in [0.05, 0.1) is 6.54 Å². The number of hydrogen-bond acceptors (Lipinski definition) is 3. The maximum atomic E-state index is 11.9. The number of guanidine groups is 1. The van der Waals surface area contributed by atoms with E-state index in [4.69, 9.17) is 28.2 Å². The number of piperidine rings is 1. The molecule has 1 aliphatic rings. The zero-order chi connectivity index (χ0) is 21.2. The lowest BCUT2D eigenvalue weighted by Crippen LogP contribution is -2.50. The first-order valence-electron chi connectivity index (χ1n) is 10.3. The summed E-state index contributed by atoms with van der Waals surface area (Å²) < 4.78 is 0. The van der Waals surface area contributed by atoms with Crippen molar-refractivity contribution in [2.45, 2.75) is 38.6 Å². The lowest BCUT2D eigenvalue weighted by Gasteiger charge is -2.33. The number of amides is 1. The first-order valence-corrected chi connectivity index (χ1v) is 11.1. The molecule has 2 N–H and O–H groups in total. The summed E-state index contributed by atoms with van der Waals surface area (Å²) in [5.41, 5.74) is 1.10. The van der Waals surface area contributed by atoms with E-state index < -0.39 is 0 Å². The minimum absolute atomic E-state index is 0. The number of likely N-dealkylation sites (N-methyl/N-ethyl adjacent to an activating group) is 1. The van der Waals surface area contributed by atoms with Gasteiger partial charge in [-0.2, -0.15) is 0 Å². The Morgan fingerprint density at radius 2 is 1.97 bits per heavy atom. The van der Waals surface area contributed by atoms with Crippen LogP contribution in [-0.2, 0) is 11.2 Å². The number of nitrogens with one attached hydrogen (secondary N) is 2. The van der Waals surface area contributed by atoms with Crippen molar-refractivity contribution in [1.82, 2.24) is 20.4 Å². The predicted molar refractivity (Wildman–Crippen MR) is 137 cm³/mol. The molecule has 1 aromatic carbocycles. The van der Waals surface area contributed by atoms with Gasteiger partial charge >= 0.3 is 0 Å². The number of hydrogen-bond donors (Lipinski definition) is 2. The Bertz CT molecular complexity index is 694. The Kier molecular flexibility index (Phi) is 13.0. The minimum atomic E-state index is 0. The Morgan fingerprint density at radius 1 is 1.27 bits per heavy atom. The highest BCUT2D eigenvalue weighted by molar-refractivity contribution is 14.0. The van der Waals surface area contributed by atoms with Gasteiger partial charge < -0.3 is 15.5 Å². The zero-order valence-corrected chi connectivity index (χ0v) is 21.9.